The van der Waals surface area contributed by atoms with Crippen molar-refractivity contribution in [3.8, 4) is 11.3 Å². The lowest BCUT2D eigenvalue weighted by atomic mass is 10.1. The van der Waals surface area contributed by atoms with Gasteiger partial charge >= 0.3 is 0 Å². The topological polar surface area (TPSA) is 84.7 Å². The minimum absolute atomic E-state index is 0.246. The summed E-state index contributed by atoms with van der Waals surface area (Å²) in [5.74, 6) is -0.246. The van der Waals surface area contributed by atoms with Crippen molar-refractivity contribution in [3.05, 3.63) is 54.4 Å². The Hall–Kier alpha value is -3.26. The van der Waals surface area contributed by atoms with Gasteiger partial charge in [-0.2, -0.15) is 5.10 Å². The number of nitrogens with zero attached hydrogens (tertiary/aromatic N) is 4. The molecule has 26 heavy (non-hydrogen) atoms. The lowest BCUT2D eigenvalue weighted by Crippen LogP contribution is -2.15. The smallest absolute Gasteiger partial charge is 0.275 e. The Bertz CT molecular complexity index is 1100. The number of benzene rings is 1. The summed E-state index contributed by atoms with van der Waals surface area (Å²) in [5, 5.41) is 10.5. The van der Waals surface area contributed by atoms with E-state index in [-0.39, 0.29) is 5.91 Å². The Labute approximate surface area is 153 Å². The summed E-state index contributed by atoms with van der Waals surface area (Å²) in [6.07, 6.45) is 1.58. The number of para-hydroxylation sites is 1. The van der Waals surface area contributed by atoms with Crippen molar-refractivity contribution in [2.75, 3.05) is 17.7 Å². The molecule has 0 unspecified atom stereocenters. The number of nitrogens with one attached hydrogen (secondary N) is 2. The van der Waals surface area contributed by atoms with Crippen LogP contribution in [0.4, 0.5) is 10.8 Å². The molecule has 4 rings (SSSR count). The Morgan fingerprint density at radius 2 is 1.96 bits per heavy atom. The van der Waals surface area contributed by atoms with Crippen LogP contribution in [0.5, 0.6) is 0 Å². The van der Waals surface area contributed by atoms with Crippen LogP contribution in [0.25, 0.3) is 21.6 Å². The van der Waals surface area contributed by atoms with Gasteiger partial charge in [0.2, 0.25) is 0 Å². The number of carbonyl (C=O) groups excluding carboxylic acids is 1. The second-order valence-electron chi connectivity index (χ2n) is 5.63. The zero-order chi connectivity index (χ0) is 18.1. The number of carbonyl (C=O) groups is 1. The Morgan fingerprint density at radius 3 is 2.73 bits per heavy atom. The van der Waals surface area contributed by atoms with Gasteiger partial charge in [0.25, 0.3) is 5.91 Å². The fourth-order valence-corrected chi connectivity index (χ4v) is 3.54. The second kappa shape index (κ2) is 6.57. The highest BCUT2D eigenvalue weighted by molar-refractivity contribution is 7.22. The van der Waals surface area contributed by atoms with E-state index in [2.05, 4.69) is 20.7 Å². The Balaban J connectivity index is 1.66. The summed E-state index contributed by atoms with van der Waals surface area (Å²) in [6.45, 7) is 0. The van der Waals surface area contributed by atoms with E-state index in [0.717, 1.165) is 27.3 Å². The molecule has 0 aliphatic carbocycles. The molecule has 0 spiro atoms. The number of aryl methyl sites for hydroxylation is 1. The average molecular weight is 364 g/mol. The SMILES string of the molecule is CNc1ccccc1-c1ccc2nc(NC(=O)c3ccnn3C)sc2n1. The van der Waals surface area contributed by atoms with E-state index in [9.17, 15) is 4.79 Å². The number of rotatable bonds is 4. The maximum atomic E-state index is 12.3. The van der Waals surface area contributed by atoms with Gasteiger partial charge in [0, 0.05) is 31.5 Å². The number of pyridine rings is 1. The molecular weight excluding hydrogens is 348 g/mol. The van der Waals surface area contributed by atoms with Gasteiger partial charge in [0.1, 0.15) is 16.0 Å². The first-order chi connectivity index (χ1) is 12.7. The molecule has 3 aromatic heterocycles. The molecule has 0 bridgehead atoms. The second-order valence-corrected chi connectivity index (χ2v) is 6.61. The van der Waals surface area contributed by atoms with Crippen LogP contribution >= 0.6 is 11.3 Å². The molecule has 1 aromatic carbocycles. The predicted molar refractivity (Wildman–Crippen MR) is 104 cm³/mol. The predicted octanol–water partition coefficient (Wildman–Crippen LogP) is 3.39. The molecule has 0 saturated heterocycles. The molecule has 1 amide bonds. The quantitative estimate of drug-likeness (QED) is 0.580. The van der Waals surface area contributed by atoms with E-state index in [1.807, 2.05) is 43.4 Å². The van der Waals surface area contributed by atoms with Crippen molar-refractivity contribution >= 4 is 38.4 Å². The van der Waals surface area contributed by atoms with Gasteiger partial charge in [0.05, 0.1) is 5.69 Å². The normalized spacial score (nSPS) is 10.8. The number of aromatic nitrogens is 4. The third-order valence-electron chi connectivity index (χ3n) is 4.00. The number of anilines is 2. The molecule has 0 fully saturated rings. The molecule has 8 heteroatoms. The van der Waals surface area contributed by atoms with Crippen molar-refractivity contribution in [1.29, 1.82) is 0 Å². The largest absolute Gasteiger partial charge is 0.388 e. The summed E-state index contributed by atoms with van der Waals surface area (Å²) in [4.78, 5) is 22.2. The molecule has 0 aliphatic rings. The van der Waals surface area contributed by atoms with Gasteiger partial charge in [-0.05, 0) is 24.3 Å². The molecular formula is C18H16N6OS. The fourth-order valence-electron chi connectivity index (χ4n) is 2.70. The maximum Gasteiger partial charge on any atom is 0.275 e. The van der Waals surface area contributed by atoms with Gasteiger partial charge in [0.15, 0.2) is 5.13 Å². The number of amides is 1. The number of fused-ring (bicyclic) bond motifs is 1. The van der Waals surface area contributed by atoms with E-state index < -0.39 is 0 Å². The van der Waals surface area contributed by atoms with Crippen LogP contribution in [-0.4, -0.2) is 32.7 Å². The Morgan fingerprint density at radius 1 is 1.12 bits per heavy atom. The molecule has 0 atom stereocenters. The van der Waals surface area contributed by atoms with Gasteiger partial charge < -0.3 is 5.32 Å². The van der Waals surface area contributed by atoms with Crippen LogP contribution < -0.4 is 10.6 Å². The molecule has 0 radical (unpaired) electrons. The minimum Gasteiger partial charge on any atom is -0.388 e. The summed E-state index contributed by atoms with van der Waals surface area (Å²) >= 11 is 1.35. The Kier molecular flexibility index (Phi) is 4.10. The average Bonchev–Trinajstić information content (AvgIpc) is 3.26. The molecule has 0 aliphatic heterocycles. The first-order valence-electron chi connectivity index (χ1n) is 8.00. The zero-order valence-electron chi connectivity index (χ0n) is 14.2. The highest BCUT2D eigenvalue weighted by atomic mass is 32.1. The van der Waals surface area contributed by atoms with Crippen LogP contribution in [0, 0.1) is 0 Å². The highest BCUT2D eigenvalue weighted by Crippen LogP contribution is 2.30. The summed E-state index contributed by atoms with van der Waals surface area (Å²) in [6, 6.07) is 13.5. The summed E-state index contributed by atoms with van der Waals surface area (Å²) < 4.78 is 1.52. The molecule has 2 N–H and O–H groups in total. The van der Waals surface area contributed by atoms with E-state index in [0.29, 0.717) is 10.8 Å². The summed E-state index contributed by atoms with van der Waals surface area (Å²) in [7, 11) is 3.61. The van der Waals surface area contributed by atoms with Crippen molar-refractivity contribution in [1.82, 2.24) is 19.7 Å². The van der Waals surface area contributed by atoms with Crippen LogP contribution in [0.2, 0.25) is 0 Å². The van der Waals surface area contributed by atoms with Crippen molar-refractivity contribution in [2.45, 2.75) is 0 Å². The standard InChI is InChI=1S/C18H16N6OS/c1-19-12-6-4-3-5-11(12)13-7-8-14-17(21-13)26-18(22-14)23-16(25)15-9-10-20-24(15)2/h3-10,19H,1-2H3,(H,22,23,25). The number of thiazole rings is 1. The van der Waals surface area contributed by atoms with Crippen LogP contribution in [0.15, 0.2) is 48.7 Å². The van der Waals surface area contributed by atoms with E-state index in [4.69, 9.17) is 4.98 Å². The third kappa shape index (κ3) is 2.91. The third-order valence-corrected chi connectivity index (χ3v) is 4.88. The van der Waals surface area contributed by atoms with Crippen LogP contribution in [0.3, 0.4) is 0 Å². The van der Waals surface area contributed by atoms with Crippen molar-refractivity contribution < 1.29 is 4.79 Å². The van der Waals surface area contributed by atoms with Crippen LogP contribution in [0.1, 0.15) is 10.5 Å². The molecule has 7 nitrogen and oxygen atoms in total. The summed E-state index contributed by atoms with van der Waals surface area (Å²) in [5.41, 5.74) is 4.11. The van der Waals surface area contributed by atoms with Gasteiger partial charge in [-0.3, -0.25) is 14.8 Å². The lowest BCUT2D eigenvalue weighted by Gasteiger charge is -2.07. The van der Waals surface area contributed by atoms with Crippen LogP contribution in [-0.2, 0) is 7.05 Å². The zero-order valence-corrected chi connectivity index (χ0v) is 15.0. The molecule has 0 saturated carbocycles. The van der Waals surface area contributed by atoms with Gasteiger partial charge in [-0.25, -0.2) is 9.97 Å². The monoisotopic (exact) mass is 364 g/mol. The van der Waals surface area contributed by atoms with Gasteiger partial charge in [-0.1, -0.05) is 29.5 Å². The van der Waals surface area contributed by atoms with E-state index >= 15 is 0 Å². The van der Waals surface area contributed by atoms with E-state index in [1.54, 1.807) is 19.3 Å². The molecule has 3 heterocycles. The minimum atomic E-state index is -0.246. The molecule has 130 valence electrons. The van der Waals surface area contributed by atoms with E-state index in [1.165, 1.54) is 16.0 Å². The first kappa shape index (κ1) is 16.2. The van der Waals surface area contributed by atoms with Crippen molar-refractivity contribution in [3.63, 3.8) is 0 Å². The van der Waals surface area contributed by atoms with Gasteiger partial charge in [-0.15, -0.1) is 0 Å². The van der Waals surface area contributed by atoms with Crippen molar-refractivity contribution in [2.24, 2.45) is 7.05 Å². The molecule has 4 aromatic rings. The maximum absolute atomic E-state index is 12.3. The number of hydrogen-bond donors (Lipinski definition) is 2. The number of hydrogen-bond acceptors (Lipinski definition) is 6. The first-order valence-corrected chi connectivity index (χ1v) is 8.81. The lowest BCUT2D eigenvalue weighted by molar-refractivity contribution is 0.101. The fraction of sp³-hybridized carbons (Fsp3) is 0.111. The highest BCUT2D eigenvalue weighted by Gasteiger charge is 2.14.